The van der Waals surface area contributed by atoms with Crippen LogP contribution in [-0.4, -0.2) is 31.7 Å². The topological polar surface area (TPSA) is 38.5 Å². The number of ether oxygens (including phenoxy) is 1. The van der Waals surface area contributed by atoms with E-state index in [-0.39, 0.29) is 0 Å². The lowest BCUT2D eigenvalue weighted by atomic mass is 10.2. The minimum Gasteiger partial charge on any atom is -0.399 e. The van der Waals surface area contributed by atoms with Crippen molar-refractivity contribution in [2.45, 2.75) is 13.5 Å². The Kier molecular flexibility index (Phi) is 5.80. The highest BCUT2D eigenvalue weighted by Gasteiger charge is 2.06. The molecule has 0 radical (unpaired) electrons. The van der Waals surface area contributed by atoms with Crippen molar-refractivity contribution in [2.75, 3.05) is 32.5 Å². The van der Waals surface area contributed by atoms with Crippen molar-refractivity contribution in [3.8, 4) is 0 Å². The van der Waals surface area contributed by atoms with Crippen molar-refractivity contribution in [2.24, 2.45) is 0 Å². The number of nitrogen functional groups attached to an aromatic ring is 1. The molecule has 1 aromatic rings. The van der Waals surface area contributed by atoms with E-state index in [0.29, 0.717) is 0 Å². The lowest BCUT2D eigenvalue weighted by Gasteiger charge is -2.20. The summed E-state index contributed by atoms with van der Waals surface area (Å²) in [6.07, 6.45) is 0. The van der Waals surface area contributed by atoms with Crippen LogP contribution in [0, 0.1) is 0 Å². The Balaban J connectivity index is 2.62. The van der Waals surface area contributed by atoms with Crippen LogP contribution in [0.15, 0.2) is 22.7 Å². The van der Waals surface area contributed by atoms with E-state index < -0.39 is 0 Å². The van der Waals surface area contributed by atoms with Gasteiger partial charge in [-0.1, -0.05) is 28.9 Å². The molecule has 0 atom stereocenters. The van der Waals surface area contributed by atoms with Crippen LogP contribution >= 0.6 is 15.9 Å². The number of nitrogens with two attached hydrogens (primary N) is 1. The van der Waals surface area contributed by atoms with Crippen LogP contribution in [0.4, 0.5) is 5.69 Å². The van der Waals surface area contributed by atoms with E-state index in [4.69, 9.17) is 10.5 Å². The summed E-state index contributed by atoms with van der Waals surface area (Å²) in [7, 11) is 1.73. The van der Waals surface area contributed by atoms with E-state index in [1.807, 2.05) is 12.1 Å². The van der Waals surface area contributed by atoms with E-state index >= 15 is 0 Å². The molecule has 0 aliphatic rings. The fourth-order valence-corrected chi connectivity index (χ4v) is 2.02. The Morgan fingerprint density at radius 2 is 2.19 bits per heavy atom. The van der Waals surface area contributed by atoms with Crippen molar-refractivity contribution in [3.63, 3.8) is 0 Å². The van der Waals surface area contributed by atoms with Crippen molar-refractivity contribution in [1.82, 2.24) is 4.90 Å². The first-order valence-electron chi connectivity index (χ1n) is 5.42. The molecule has 0 heterocycles. The highest BCUT2D eigenvalue weighted by molar-refractivity contribution is 9.10. The first kappa shape index (κ1) is 13.5. The van der Waals surface area contributed by atoms with Gasteiger partial charge in [0, 0.05) is 30.4 Å². The summed E-state index contributed by atoms with van der Waals surface area (Å²) in [6, 6.07) is 5.94. The summed E-state index contributed by atoms with van der Waals surface area (Å²) in [4.78, 5) is 2.33. The molecule has 90 valence electrons. The van der Waals surface area contributed by atoms with Gasteiger partial charge in [0.25, 0.3) is 0 Å². The van der Waals surface area contributed by atoms with Crippen molar-refractivity contribution in [3.05, 3.63) is 28.2 Å². The lowest BCUT2D eigenvalue weighted by Crippen LogP contribution is -2.26. The molecule has 0 amide bonds. The van der Waals surface area contributed by atoms with Crippen LogP contribution in [-0.2, 0) is 11.3 Å². The first-order chi connectivity index (χ1) is 7.67. The molecule has 4 heteroatoms. The SMILES string of the molecule is CCN(CCOC)Cc1ccc(N)cc1Br. The molecule has 0 spiro atoms. The van der Waals surface area contributed by atoms with E-state index in [0.717, 1.165) is 36.4 Å². The molecule has 2 N–H and O–H groups in total. The molecule has 1 rings (SSSR count). The van der Waals surface area contributed by atoms with Crippen molar-refractivity contribution >= 4 is 21.6 Å². The fourth-order valence-electron chi connectivity index (χ4n) is 1.50. The van der Waals surface area contributed by atoms with Crippen LogP contribution in [0.1, 0.15) is 12.5 Å². The van der Waals surface area contributed by atoms with Gasteiger partial charge in [0.15, 0.2) is 0 Å². The van der Waals surface area contributed by atoms with Crippen LogP contribution in [0.2, 0.25) is 0 Å². The molecule has 0 fully saturated rings. The van der Waals surface area contributed by atoms with Gasteiger partial charge in [-0.25, -0.2) is 0 Å². The number of halogens is 1. The molecule has 0 bridgehead atoms. The first-order valence-corrected chi connectivity index (χ1v) is 6.21. The molecular formula is C12H19BrN2O. The smallest absolute Gasteiger partial charge is 0.0589 e. The van der Waals surface area contributed by atoms with Gasteiger partial charge in [-0.2, -0.15) is 0 Å². The van der Waals surface area contributed by atoms with Crippen molar-refractivity contribution in [1.29, 1.82) is 0 Å². The second-order valence-electron chi connectivity index (χ2n) is 3.71. The predicted octanol–water partition coefficient (Wildman–Crippen LogP) is 2.50. The molecule has 0 aromatic heterocycles. The Bertz CT molecular complexity index is 331. The van der Waals surface area contributed by atoms with E-state index in [1.165, 1.54) is 5.56 Å². The van der Waals surface area contributed by atoms with Gasteiger partial charge < -0.3 is 10.5 Å². The molecule has 3 nitrogen and oxygen atoms in total. The Morgan fingerprint density at radius 3 is 2.75 bits per heavy atom. The molecule has 0 saturated carbocycles. The second kappa shape index (κ2) is 6.89. The van der Waals surface area contributed by atoms with Gasteiger partial charge >= 0.3 is 0 Å². The molecule has 0 aliphatic carbocycles. The van der Waals surface area contributed by atoms with Crippen LogP contribution in [0.5, 0.6) is 0 Å². The molecule has 0 aliphatic heterocycles. The van der Waals surface area contributed by atoms with Gasteiger partial charge in [-0.15, -0.1) is 0 Å². The number of rotatable bonds is 6. The van der Waals surface area contributed by atoms with E-state index in [9.17, 15) is 0 Å². The zero-order chi connectivity index (χ0) is 12.0. The maximum absolute atomic E-state index is 5.71. The van der Waals surface area contributed by atoms with Crippen LogP contribution in [0.25, 0.3) is 0 Å². The fraction of sp³-hybridized carbons (Fsp3) is 0.500. The summed E-state index contributed by atoms with van der Waals surface area (Å²) in [5.41, 5.74) is 7.75. The van der Waals surface area contributed by atoms with Gasteiger partial charge in [-0.3, -0.25) is 4.90 Å². The number of hydrogen-bond acceptors (Lipinski definition) is 3. The average molecular weight is 287 g/mol. The number of methoxy groups -OCH3 is 1. The summed E-state index contributed by atoms with van der Waals surface area (Å²) in [5.74, 6) is 0. The normalized spacial score (nSPS) is 11.0. The lowest BCUT2D eigenvalue weighted by molar-refractivity contribution is 0.147. The Labute approximate surface area is 106 Å². The molecular weight excluding hydrogens is 268 g/mol. The highest BCUT2D eigenvalue weighted by atomic mass is 79.9. The average Bonchev–Trinajstić information content (AvgIpc) is 2.27. The van der Waals surface area contributed by atoms with Gasteiger partial charge in [-0.05, 0) is 24.2 Å². The standard InChI is InChI=1S/C12H19BrN2O/c1-3-15(6-7-16-2)9-10-4-5-11(14)8-12(10)13/h4-5,8H,3,6-7,9,14H2,1-2H3. The monoisotopic (exact) mass is 286 g/mol. The predicted molar refractivity (Wildman–Crippen MR) is 71.4 cm³/mol. The molecule has 1 aromatic carbocycles. The second-order valence-corrected chi connectivity index (χ2v) is 4.57. The van der Waals surface area contributed by atoms with Gasteiger partial charge in [0.05, 0.1) is 6.61 Å². The Hall–Kier alpha value is -0.580. The minimum absolute atomic E-state index is 0.764. The van der Waals surface area contributed by atoms with Crippen molar-refractivity contribution < 1.29 is 4.74 Å². The largest absolute Gasteiger partial charge is 0.399 e. The number of likely N-dealkylation sites (N-methyl/N-ethyl adjacent to an activating group) is 1. The zero-order valence-electron chi connectivity index (χ0n) is 9.87. The van der Waals surface area contributed by atoms with Crippen LogP contribution in [0.3, 0.4) is 0 Å². The third kappa shape index (κ3) is 4.12. The molecule has 16 heavy (non-hydrogen) atoms. The third-order valence-corrected chi connectivity index (χ3v) is 3.27. The summed E-state index contributed by atoms with van der Waals surface area (Å²) < 4.78 is 6.16. The molecule has 0 unspecified atom stereocenters. The third-order valence-electron chi connectivity index (χ3n) is 2.53. The number of benzene rings is 1. The number of hydrogen-bond donors (Lipinski definition) is 1. The summed E-state index contributed by atoms with van der Waals surface area (Å²) >= 11 is 3.54. The van der Waals surface area contributed by atoms with Crippen LogP contribution < -0.4 is 5.73 Å². The number of nitrogens with zero attached hydrogens (tertiary/aromatic N) is 1. The maximum Gasteiger partial charge on any atom is 0.0589 e. The quantitative estimate of drug-likeness (QED) is 0.817. The van der Waals surface area contributed by atoms with E-state index in [1.54, 1.807) is 7.11 Å². The summed E-state index contributed by atoms with van der Waals surface area (Å²) in [6.45, 7) is 5.80. The minimum atomic E-state index is 0.764. The zero-order valence-corrected chi connectivity index (χ0v) is 11.5. The molecule has 0 saturated heterocycles. The van der Waals surface area contributed by atoms with Gasteiger partial charge in [0.2, 0.25) is 0 Å². The number of anilines is 1. The maximum atomic E-state index is 5.71. The highest BCUT2D eigenvalue weighted by Crippen LogP contribution is 2.21. The Morgan fingerprint density at radius 1 is 1.44 bits per heavy atom. The summed E-state index contributed by atoms with van der Waals surface area (Å²) in [5, 5.41) is 0. The van der Waals surface area contributed by atoms with Gasteiger partial charge in [0.1, 0.15) is 0 Å². The van der Waals surface area contributed by atoms with E-state index in [2.05, 4.69) is 33.8 Å².